The Morgan fingerprint density at radius 2 is 2.00 bits per heavy atom. The van der Waals surface area contributed by atoms with Crippen LogP contribution in [-0.2, 0) is 19.0 Å². The molecule has 0 aromatic rings. The molecule has 0 aromatic heterocycles. The van der Waals surface area contributed by atoms with Crippen molar-refractivity contribution in [2.45, 2.75) is 50.9 Å². The van der Waals surface area contributed by atoms with Crippen LogP contribution in [0, 0.1) is 0 Å². The summed E-state index contributed by atoms with van der Waals surface area (Å²) in [6, 6.07) is 0. The Kier molecular flexibility index (Phi) is 3.04. The molecular weight excluding hydrogens is 220 g/mol. The second-order valence-corrected chi connectivity index (χ2v) is 5.55. The van der Waals surface area contributed by atoms with Gasteiger partial charge >= 0.3 is 5.97 Å². The molecule has 2 aliphatic rings. The van der Waals surface area contributed by atoms with Gasteiger partial charge in [0.1, 0.15) is 11.7 Å². The highest BCUT2D eigenvalue weighted by Crippen LogP contribution is 2.38. The molecule has 0 aromatic carbocycles. The van der Waals surface area contributed by atoms with Crippen LogP contribution in [0.4, 0.5) is 0 Å². The Bertz CT molecular complexity index is 339. The summed E-state index contributed by atoms with van der Waals surface area (Å²) in [7, 11) is 0. The van der Waals surface area contributed by atoms with Crippen molar-refractivity contribution in [3.63, 3.8) is 0 Å². The lowest BCUT2D eigenvalue weighted by atomic mass is 9.96. The van der Waals surface area contributed by atoms with Gasteiger partial charge < -0.3 is 14.2 Å². The number of rotatable bonds is 6. The molecule has 3 atom stereocenters. The van der Waals surface area contributed by atoms with Crippen molar-refractivity contribution in [1.29, 1.82) is 0 Å². The third-order valence-electron chi connectivity index (χ3n) is 3.45. The number of hydrogen-bond donors (Lipinski definition) is 0. The van der Waals surface area contributed by atoms with Crippen molar-refractivity contribution in [1.82, 2.24) is 0 Å². The Labute approximate surface area is 102 Å². The lowest BCUT2D eigenvalue weighted by Crippen LogP contribution is -2.33. The van der Waals surface area contributed by atoms with Crippen LogP contribution in [0.1, 0.15) is 33.6 Å². The molecule has 4 heteroatoms. The quantitative estimate of drug-likeness (QED) is 0.404. The number of ether oxygens (including phenoxy) is 3. The van der Waals surface area contributed by atoms with E-state index in [0.717, 1.165) is 19.4 Å². The summed E-state index contributed by atoms with van der Waals surface area (Å²) >= 11 is 0. The molecule has 0 bridgehead atoms. The highest BCUT2D eigenvalue weighted by atomic mass is 16.6. The number of esters is 1. The van der Waals surface area contributed by atoms with Crippen molar-refractivity contribution in [2.75, 3.05) is 13.2 Å². The summed E-state index contributed by atoms with van der Waals surface area (Å²) < 4.78 is 16.2. The van der Waals surface area contributed by atoms with Crippen LogP contribution in [0.15, 0.2) is 12.2 Å². The van der Waals surface area contributed by atoms with Crippen molar-refractivity contribution in [2.24, 2.45) is 0 Å². The van der Waals surface area contributed by atoms with Gasteiger partial charge in [-0.3, -0.25) is 0 Å². The summed E-state index contributed by atoms with van der Waals surface area (Å²) in [5.74, 6) is -0.339. The minimum Gasteiger partial charge on any atom is -0.456 e. The summed E-state index contributed by atoms with van der Waals surface area (Å²) in [5, 5.41) is 0. The van der Waals surface area contributed by atoms with E-state index < -0.39 is 0 Å². The minimum absolute atomic E-state index is 0.0148. The van der Waals surface area contributed by atoms with Crippen LogP contribution in [0.3, 0.4) is 0 Å². The Morgan fingerprint density at radius 1 is 1.41 bits per heavy atom. The van der Waals surface area contributed by atoms with Gasteiger partial charge in [-0.05, 0) is 33.6 Å². The Balaban J connectivity index is 1.89. The third-order valence-corrected chi connectivity index (χ3v) is 3.45. The zero-order valence-corrected chi connectivity index (χ0v) is 10.7. The van der Waals surface area contributed by atoms with E-state index in [0.29, 0.717) is 12.2 Å². The second-order valence-electron chi connectivity index (χ2n) is 5.55. The monoisotopic (exact) mass is 240 g/mol. The maximum atomic E-state index is 11.6. The largest absolute Gasteiger partial charge is 0.456 e. The van der Waals surface area contributed by atoms with E-state index in [9.17, 15) is 4.79 Å². The van der Waals surface area contributed by atoms with E-state index in [1.54, 1.807) is 6.92 Å². The zero-order valence-electron chi connectivity index (χ0n) is 10.7. The molecule has 4 nitrogen and oxygen atoms in total. The molecule has 2 saturated heterocycles. The molecule has 0 aliphatic carbocycles. The average molecular weight is 240 g/mol. The molecule has 0 spiro atoms. The first kappa shape index (κ1) is 12.6. The van der Waals surface area contributed by atoms with Crippen LogP contribution in [-0.4, -0.2) is 36.5 Å². The van der Waals surface area contributed by atoms with E-state index in [-0.39, 0.29) is 23.3 Å². The molecule has 2 rings (SSSR count). The Morgan fingerprint density at radius 3 is 2.41 bits per heavy atom. The van der Waals surface area contributed by atoms with Crippen molar-refractivity contribution in [3.05, 3.63) is 12.2 Å². The van der Waals surface area contributed by atoms with Crippen LogP contribution >= 0.6 is 0 Å². The normalized spacial score (nSPS) is 36.2. The van der Waals surface area contributed by atoms with Gasteiger partial charge in [0.15, 0.2) is 0 Å². The summed E-state index contributed by atoms with van der Waals surface area (Å²) in [4.78, 5) is 11.6. The van der Waals surface area contributed by atoms with Gasteiger partial charge in [0.25, 0.3) is 0 Å². The van der Waals surface area contributed by atoms with Crippen molar-refractivity contribution < 1.29 is 19.0 Å². The lowest BCUT2D eigenvalue weighted by Gasteiger charge is -2.22. The average Bonchev–Trinajstić information content (AvgIpc) is 3.14. The van der Waals surface area contributed by atoms with Gasteiger partial charge in [-0.2, -0.15) is 0 Å². The van der Waals surface area contributed by atoms with Crippen molar-refractivity contribution in [3.8, 4) is 0 Å². The highest BCUT2D eigenvalue weighted by molar-refractivity contribution is 5.87. The molecule has 0 saturated carbocycles. The first-order valence-electron chi connectivity index (χ1n) is 5.99. The van der Waals surface area contributed by atoms with Crippen LogP contribution < -0.4 is 0 Å². The topological polar surface area (TPSA) is 51.4 Å². The molecule has 17 heavy (non-hydrogen) atoms. The summed E-state index contributed by atoms with van der Waals surface area (Å²) in [6.07, 6.45) is 1.46. The van der Waals surface area contributed by atoms with Gasteiger partial charge in [0.2, 0.25) is 0 Å². The molecule has 0 N–H and O–H groups in total. The van der Waals surface area contributed by atoms with Gasteiger partial charge in [0.05, 0.1) is 18.8 Å². The van der Waals surface area contributed by atoms with Gasteiger partial charge in [-0.15, -0.1) is 0 Å². The van der Waals surface area contributed by atoms with E-state index in [4.69, 9.17) is 14.2 Å². The second kappa shape index (κ2) is 4.10. The number of carbonyl (C=O) groups excluding carboxylic acids is 1. The molecule has 2 heterocycles. The standard InChI is InChI=1S/C13H20O4/c1-9(2)11(14)17-10(13(4)8-16-13)5-6-12(3)7-15-12/h10H,1,5-8H2,2-4H3. The maximum absolute atomic E-state index is 11.6. The molecule has 2 aliphatic heterocycles. The Hall–Kier alpha value is -0.870. The number of carbonyl (C=O) groups is 1. The lowest BCUT2D eigenvalue weighted by molar-refractivity contribution is -0.148. The molecule has 96 valence electrons. The molecular formula is C13H20O4. The molecule has 0 amide bonds. The van der Waals surface area contributed by atoms with Crippen molar-refractivity contribution >= 4 is 5.97 Å². The predicted octanol–water partition coefficient (Wildman–Crippen LogP) is 1.83. The number of epoxide rings is 2. The smallest absolute Gasteiger partial charge is 0.333 e. The van der Waals surface area contributed by atoms with E-state index in [2.05, 4.69) is 13.5 Å². The fourth-order valence-corrected chi connectivity index (χ4v) is 1.72. The van der Waals surface area contributed by atoms with Crippen LogP contribution in [0.2, 0.25) is 0 Å². The van der Waals surface area contributed by atoms with Gasteiger partial charge in [-0.25, -0.2) is 4.79 Å². The first-order valence-corrected chi connectivity index (χ1v) is 5.99. The minimum atomic E-state index is -0.339. The van der Waals surface area contributed by atoms with E-state index in [1.807, 2.05) is 6.92 Å². The van der Waals surface area contributed by atoms with Crippen LogP contribution in [0.25, 0.3) is 0 Å². The molecule has 2 fully saturated rings. The summed E-state index contributed by atoms with van der Waals surface area (Å²) in [6.45, 7) is 10.7. The number of hydrogen-bond acceptors (Lipinski definition) is 4. The van der Waals surface area contributed by atoms with Crippen LogP contribution in [0.5, 0.6) is 0 Å². The van der Waals surface area contributed by atoms with E-state index in [1.165, 1.54) is 0 Å². The van der Waals surface area contributed by atoms with Gasteiger partial charge in [0, 0.05) is 5.57 Å². The predicted molar refractivity (Wildman–Crippen MR) is 62.6 cm³/mol. The van der Waals surface area contributed by atoms with E-state index >= 15 is 0 Å². The summed E-state index contributed by atoms with van der Waals surface area (Å²) in [5.41, 5.74) is 0.100. The fourth-order valence-electron chi connectivity index (χ4n) is 1.72. The zero-order chi connectivity index (χ0) is 12.7. The maximum Gasteiger partial charge on any atom is 0.333 e. The third kappa shape index (κ3) is 3.07. The molecule has 3 unspecified atom stereocenters. The highest BCUT2D eigenvalue weighted by Gasteiger charge is 2.51. The van der Waals surface area contributed by atoms with Gasteiger partial charge in [-0.1, -0.05) is 6.58 Å². The SMILES string of the molecule is C=C(C)C(=O)OC(CCC1(C)CO1)C1(C)CO1. The molecule has 0 radical (unpaired) electrons. The first-order chi connectivity index (χ1) is 7.85. The fraction of sp³-hybridized carbons (Fsp3) is 0.769.